The highest BCUT2D eigenvalue weighted by Gasteiger charge is 1.98. The van der Waals surface area contributed by atoms with Crippen LogP contribution in [0.4, 0.5) is 4.39 Å². The van der Waals surface area contributed by atoms with Gasteiger partial charge in [0.05, 0.1) is 10.2 Å². The summed E-state index contributed by atoms with van der Waals surface area (Å²) in [5.74, 6) is -0.215. The van der Waals surface area contributed by atoms with Crippen LogP contribution in [0.15, 0.2) is 53.6 Å². The molecule has 8 heteroatoms. The molecule has 0 N–H and O–H groups in total. The molecule has 0 aliphatic carbocycles. The zero-order valence-corrected chi connectivity index (χ0v) is 14.4. The highest BCUT2D eigenvalue weighted by Crippen LogP contribution is 2.08. The van der Waals surface area contributed by atoms with Crippen molar-refractivity contribution < 1.29 is 21.9 Å². The lowest BCUT2D eigenvalue weighted by Crippen LogP contribution is -2.31. The third-order valence-electron chi connectivity index (χ3n) is 2.30. The van der Waals surface area contributed by atoms with E-state index >= 15 is 0 Å². The topological polar surface area (TPSA) is 61.1 Å². The van der Waals surface area contributed by atoms with E-state index in [4.69, 9.17) is 23.2 Å². The SMILES string of the molecule is C[n+]1ccccc1F.Cc1ccc(S(=O)(=O)[O-])cc1.ClCCl. The molecular formula is C14H16Cl2FNO3S. The first-order valence-electron chi connectivity index (χ1n) is 5.97. The van der Waals surface area contributed by atoms with E-state index in [0.29, 0.717) is 0 Å². The molecule has 0 radical (unpaired) electrons. The summed E-state index contributed by atoms with van der Waals surface area (Å²) in [7, 11) is -2.61. The summed E-state index contributed by atoms with van der Waals surface area (Å²) in [6.45, 7) is 1.82. The Morgan fingerprint density at radius 1 is 1.14 bits per heavy atom. The lowest BCUT2D eigenvalue weighted by molar-refractivity contribution is -0.700. The van der Waals surface area contributed by atoms with Crippen molar-refractivity contribution in [2.75, 3.05) is 5.34 Å². The van der Waals surface area contributed by atoms with Gasteiger partial charge in [-0.3, -0.25) is 0 Å². The van der Waals surface area contributed by atoms with Crippen LogP contribution in [-0.4, -0.2) is 18.3 Å². The Bertz CT molecular complexity index is 643. The predicted molar refractivity (Wildman–Crippen MR) is 83.3 cm³/mol. The second kappa shape index (κ2) is 10.5. The number of aromatic nitrogens is 1. The Kier molecular flexibility index (Phi) is 9.93. The average molecular weight is 368 g/mol. The highest BCUT2D eigenvalue weighted by atomic mass is 35.5. The second-order valence-electron chi connectivity index (χ2n) is 4.00. The summed E-state index contributed by atoms with van der Waals surface area (Å²) in [6.07, 6.45) is 1.66. The van der Waals surface area contributed by atoms with Gasteiger partial charge in [-0.15, -0.1) is 27.6 Å². The molecule has 122 valence electrons. The van der Waals surface area contributed by atoms with Gasteiger partial charge in [0.2, 0.25) is 0 Å². The van der Waals surface area contributed by atoms with E-state index in [1.165, 1.54) is 22.8 Å². The van der Waals surface area contributed by atoms with Gasteiger partial charge >= 0.3 is 5.95 Å². The van der Waals surface area contributed by atoms with Crippen molar-refractivity contribution in [2.24, 2.45) is 7.05 Å². The van der Waals surface area contributed by atoms with E-state index in [-0.39, 0.29) is 16.2 Å². The van der Waals surface area contributed by atoms with Crippen molar-refractivity contribution in [3.05, 3.63) is 60.2 Å². The zero-order chi connectivity index (χ0) is 17.2. The smallest absolute Gasteiger partial charge is 0.359 e. The van der Waals surface area contributed by atoms with E-state index in [1.807, 2.05) is 6.92 Å². The van der Waals surface area contributed by atoms with Crippen LogP contribution < -0.4 is 4.57 Å². The summed E-state index contributed by atoms with van der Waals surface area (Å²) >= 11 is 9.53. The maximum absolute atomic E-state index is 12.3. The number of benzene rings is 1. The minimum atomic E-state index is -4.27. The highest BCUT2D eigenvalue weighted by molar-refractivity contribution is 7.85. The van der Waals surface area contributed by atoms with Crippen LogP contribution in [0, 0.1) is 12.9 Å². The normalized spacial score (nSPS) is 9.91. The van der Waals surface area contributed by atoms with Crippen LogP contribution in [0.25, 0.3) is 0 Å². The molecule has 0 spiro atoms. The van der Waals surface area contributed by atoms with Crippen LogP contribution >= 0.6 is 23.2 Å². The molecular weight excluding hydrogens is 352 g/mol. The van der Waals surface area contributed by atoms with Crippen LogP contribution in [0.5, 0.6) is 0 Å². The van der Waals surface area contributed by atoms with Gasteiger partial charge in [0.1, 0.15) is 17.2 Å². The largest absolute Gasteiger partial charge is 0.744 e. The molecule has 2 aromatic rings. The molecule has 1 aromatic carbocycles. The second-order valence-corrected chi connectivity index (χ2v) is 6.19. The van der Waals surface area contributed by atoms with Gasteiger partial charge < -0.3 is 4.55 Å². The molecule has 0 fully saturated rings. The first-order chi connectivity index (χ1) is 10.2. The monoisotopic (exact) mass is 367 g/mol. The molecule has 1 heterocycles. The summed E-state index contributed by atoms with van der Waals surface area (Å²) in [6, 6.07) is 10.6. The Hall–Kier alpha value is -1.21. The summed E-state index contributed by atoms with van der Waals surface area (Å²) in [4.78, 5) is -0.178. The maximum Gasteiger partial charge on any atom is 0.359 e. The Morgan fingerprint density at radius 3 is 1.95 bits per heavy atom. The van der Waals surface area contributed by atoms with E-state index in [1.54, 1.807) is 37.5 Å². The summed E-state index contributed by atoms with van der Waals surface area (Å²) < 4.78 is 44.9. The van der Waals surface area contributed by atoms with Gasteiger partial charge in [-0.25, -0.2) is 8.42 Å². The van der Waals surface area contributed by atoms with Crippen molar-refractivity contribution in [2.45, 2.75) is 11.8 Å². The molecule has 0 bridgehead atoms. The molecule has 0 aliphatic heterocycles. The third-order valence-corrected chi connectivity index (χ3v) is 3.15. The van der Waals surface area contributed by atoms with E-state index < -0.39 is 10.1 Å². The molecule has 0 saturated heterocycles. The standard InChI is InChI=1S/C7H8O3S.C6H7FN.CH2Cl2/c1-6-2-4-7(5-3-6)11(8,9)10;1-8-5-3-2-4-6(8)7;2-1-3/h2-5H,1H3,(H,8,9,10);2-5H,1H3;1H2/q;+1;/p-1. The van der Waals surface area contributed by atoms with E-state index in [0.717, 1.165) is 5.56 Å². The van der Waals surface area contributed by atoms with Gasteiger partial charge in [0.15, 0.2) is 6.20 Å². The fraction of sp³-hybridized carbons (Fsp3) is 0.214. The van der Waals surface area contributed by atoms with Gasteiger partial charge in [0, 0.05) is 12.1 Å². The number of hydrogen-bond acceptors (Lipinski definition) is 3. The van der Waals surface area contributed by atoms with Crippen molar-refractivity contribution in [1.29, 1.82) is 0 Å². The number of nitrogens with zero attached hydrogens (tertiary/aromatic N) is 1. The Balaban J connectivity index is 0.000000352. The zero-order valence-electron chi connectivity index (χ0n) is 12.0. The lowest BCUT2D eigenvalue weighted by Gasteiger charge is -2.05. The van der Waals surface area contributed by atoms with Crippen molar-refractivity contribution >= 4 is 33.3 Å². The van der Waals surface area contributed by atoms with Crippen molar-refractivity contribution in [3.8, 4) is 0 Å². The quantitative estimate of drug-likeness (QED) is 0.337. The van der Waals surface area contributed by atoms with Crippen LogP contribution in [0.2, 0.25) is 0 Å². The van der Waals surface area contributed by atoms with Crippen molar-refractivity contribution in [3.63, 3.8) is 0 Å². The molecule has 0 atom stereocenters. The van der Waals surface area contributed by atoms with Crippen molar-refractivity contribution in [1.82, 2.24) is 0 Å². The van der Waals surface area contributed by atoms with Gasteiger partial charge in [-0.2, -0.15) is 4.57 Å². The number of rotatable bonds is 1. The first kappa shape index (κ1) is 20.8. The van der Waals surface area contributed by atoms with E-state index in [2.05, 4.69) is 0 Å². The molecule has 4 nitrogen and oxygen atoms in total. The Morgan fingerprint density at radius 2 is 1.64 bits per heavy atom. The number of aryl methyl sites for hydroxylation is 2. The van der Waals surface area contributed by atoms with Crippen LogP contribution in [-0.2, 0) is 17.2 Å². The molecule has 1 aromatic heterocycles. The minimum absolute atomic E-state index is 0.178. The lowest BCUT2D eigenvalue weighted by atomic mass is 10.2. The summed E-state index contributed by atoms with van der Waals surface area (Å²) in [5, 5.41) is 0.194. The number of hydrogen-bond donors (Lipinski definition) is 0. The molecule has 0 aliphatic rings. The van der Waals surface area contributed by atoms with Gasteiger partial charge in [-0.05, 0) is 25.1 Å². The number of pyridine rings is 1. The molecule has 0 saturated carbocycles. The predicted octanol–water partition coefficient (Wildman–Crippen LogP) is 2.97. The van der Waals surface area contributed by atoms with E-state index in [9.17, 15) is 17.4 Å². The van der Waals surface area contributed by atoms with Crippen LogP contribution in [0.3, 0.4) is 0 Å². The molecule has 0 unspecified atom stereocenters. The molecule has 2 rings (SSSR count). The number of alkyl halides is 2. The minimum Gasteiger partial charge on any atom is -0.744 e. The molecule has 22 heavy (non-hydrogen) atoms. The van der Waals surface area contributed by atoms with Gasteiger partial charge in [-0.1, -0.05) is 17.7 Å². The maximum atomic E-state index is 12.3. The first-order valence-corrected chi connectivity index (χ1v) is 8.44. The third kappa shape index (κ3) is 8.94. The molecule has 0 amide bonds. The number of halogens is 3. The average Bonchev–Trinajstić information content (AvgIpc) is 2.43. The summed E-state index contributed by atoms with van der Waals surface area (Å²) in [5.41, 5.74) is 0.928. The van der Waals surface area contributed by atoms with Gasteiger partial charge in [0.25, 0.3) is 0 Å². The fourth-order valence-corrected chi connectivity index (χ4v) is 1.68. The Labute approximate surface area is 139 Å². The fourth-order valence-electron chi connectivity index (χ4n) is 1.21. The van der Waals surface area contributed by atoms with Crippen LogP contribution in [0.1, 0.15) is 5.56 Å².